The number of hydrogen-bond acceptors (Lipinski definition) is 9. The van der Waals surface area contributed by atoms with Crippen molar-refractivity contribution in [2.24, 2.45) is 22.7 Å². The first-order valence-corrected chi connectivity index (χ1v) is 22.4. The van der Waals surface area contributed by atoms with Crippen molar-refractivity contribution >= 4 is 5.69 Å². The topological polar surface area (TPSA) is 98.1 Å². The number of ether oxygens (including phenoxy) is 3. The van der Waals surface area contributed by atoms with Crippen LogP contribution in [-0.4, -0.2) is 124 Å². The van der Waals surface area contributed by atoms with Crippen molar-refractivity contribution in [1.29, 1.82) is 0 Å². The highest BCUT2D eigenvalue weighted by Gasteiger charge is 2.64. The molecule has 9 heteroatoms. The van der Waals surface area contributed by atoms with E-state index in [-0.39, 0.29) is 45.3 Å². The van der Waals surface area contributed by atoms with E-state index in [4.69, 9.17) is 14.2 Å². The molecule has 7 atom stereocenters. The second kappa shape index (κ2) is 18.3. The molecule has 4 aliphatic heterocycles. The van der Waals surface area contributed by atoms with Gasteiger partial charge in [-0.15, -0.1) is 0 Å². The number of aliphatic hydroxyl groups is 2. The third-order valence-electron chi connectivity index (χ3n) is 13.7. The minimum absolute atomic E-state index is 0.0488. The fourth-order valence-corrected chi connectivity index (χ4v) is 10.8. The highest BCUT2D eigenvalue weighted by atomic mass is 16.5. The summed E-state index contributed by atoms with van der Waals surface area (Å²) >= 11 is 0. The monoisotopic (exact) mass is 802 g/mol. The quantitative estimate of drug-likeness (QED) is 0.203. The second-order valence-corrected chi connectivity index (χ2v) is 22.7. The van der Waals surface area contributed by atoms with Gasteiger partial charge in [-0.05, 0) is 178 Å². The molecule has 5 aliphatic rings. The van der Waals surface area contributed by atoms with Crippen LogP contribution in [0.4, 0.5) is 5.69 Å². The number of nitrogens with zero attached hydrogens (tertiary/aromatic N) is 3. The Balaban J connectivity index is 0.000000190. The maximum atomic E-state index is 9.99. The molecule has 0 aromatic heterocycles. The molecule has 330 valence electrons. The SMILES string of the molecule is CC(C)(C)OCCC12CCC1(CO)CN(C(C)(C)C)C2.CC(C)OCC1C(CO)C2CCC1N2C(C)(C)C.CC(C)OCC1Cc2cc(O)ccc2N1C(C)(C)C. The fourth-order valence-electron chi connectivity index (χ4n) is 10.8. The zero-order valence-electron chi connectivity index (χ0n) is 39.4. The Morgan fingerprint density at radius 3 is 1.77 bits per heavy atom. The lowest BCUT2D eigenvalue weighted by atomic mass is 9.50. The first-order chi connectivity index (χ1) is 26.2. The van der Waals surface area contributed by atoms with Gasteiger partial charge >= 0.3 is 0 Å². The van der Waals surface area contributed by atoms with Crippen LogP contribution in [0.2, 0.25) is 0 Å². The van der Waals surface area contributed by atoms with E-state index in [0.29, 0.717) is 48.9 Å². The van der Waals surface area contributed by atoms with Gasteiger partial charge in [-0.25, -0.2) is 0 Å². The van der Waals surface area contributed by atoms with Crippen molar-refractivity contribution in [2.75, 3.05) is 51.0 Å². The molecule has 9 nitrogen and oxygen atoms in total. The molecular weight excluding hydrogens is 715 g/mol. The first kappa shape index (κ1) is 48.2. The predicted octanol–water partition coefficient (Wildman–Crippen LogP) is 8.69. The zero-order chi connectivity index (χ0) is 42.9. The molecule has 1 aromatic rings. The van der Waals surface area contributed by atoms with E-state index in [1.165, 1.54) is 36.9 Å². The van der Waals surface area contributed by atoms with Crippen molar-refractivity contribution in [1.82, 2.24) is 9.80 Å². The average Bonchev–Trinajstić information content (AvgIpc) is 3.80. The Morgan fingerprint density at radius 2 is 1.30 bits per heavy atom. The van der Waals surface area contributed by atoms with E-state index in [2.05, 4.69) is 125 Å². The standard InChI is InChI=1S/C17H33NO2.C16H25NO2.C15H29NO2/c1-14(2,3)18-11-16(9-10-20-15(4,5)6)7-8-17(16,12-18)13-19;1-11(2)19-10-13-8-12-9-14(18)6-7-15(12)17(13)16(3,4)5;1-10(2)18-9-12-11(8-17)13-6-7-14(12)16(13)15(3,4)5/h19H,7-13H2,1-6H3;6-7,9,11,13,18H,8,10H2,1-5H3;10-14,17H,6-9H2,1-5H3. The summed E-state index contributed by atoms with van der Waals surface area (Å²) in [7, 11) is 0. The number of fused-ring (bicyclic) bond motifs is 4. The van der Waals surface area contributed by atoms with Gasteiger partial charge < -0.3 is 34.4 Å². The fraction of sp³-hybridized carbons (Fsp3) is 0.875. The molecule has 7 unspecified atom stereocenters. The van der Waals surface area contributed by atoms with Crippen LogP contribution in [0, 0.1) is 22.7 Å². The van der Waals surface area contributed by atoms with Gasteiger partial charge in [0.25, 0.3) is 0 Å². The highest BCUT2D eigenvalue weighted by Crippen LogP contribution is 2.64. The third kappa shape index (κ3) is 11.3. The molecule has 1 saturated carbocycles. The molecule has 0 amide bonds. The molecule has 4 heterocycles. The van der Waals surface area contributed by atoms with E-state index in [1.807, 2.05) is 12.1 Å². The highest BCUT2D eigenvalue weighted by molar-refractivity contribution is 5.63. The van der Waals surface area contributed by atoms with Gasteiger partial charge in [0.2, 0.25) is 0 Å². The van der Waals surface area contributed by atoms with Crippen molar-refractivity contribution in [2.45, 2.75) is 202 Å². The number of hydrogen-bond donors (Lipinski definition) is 3. The van der Waals surface area contributed by atoms with Crippen molar-refractivity contribution in [3.05, 3.63) is 23.8 Å². The number of likely N-dealkylation sites (tertiary alicyclic amines) is 1. The van der Waals surface area contributed by atoms with Crippen LogP contribution in [-0.2, 0) is 20.6 Å². The molecule has 0 spiro atoms. The van der Waals surface area contributed by atoms with Gasteiger partial charge in [0.15, 0.2) is 0 Å². The summed E-state index contributed by atoms with van der Waals surface area (Å²) in [5, 5.41) is 29.4. The molecule has 57 heavy (non-hydrogen) atoms. The number of rotatable bonds is 11. The Hall–Kier alpha value is -1.46. The molecule has 1 aliphatic carbocycles. The number of phenolic OH excluding ortho intramolecular Hbond substituents is 1. The average molecular weight is 802 g/mol. The molecule has 6 rings (SSSR count). The lowest BCUT2D eigenvalue weighted by molar-refractivity contribution is -0.103. The van der Waals surface area contributed by atoms with Crippen LogP contribution in [0.5, 0.6) is 5.75 Å². The summed E-state index contributed by atoms with van der Waals surface area (Å²) < 4.78 is 17.6. The zero-order valence-corrected chi connectivity index (χ0v) is 39.4. The first-order valence-electron chi connectivity index (χ1n) is 22.4. The summed E-state index contributed by atoms with van der Waals surface area (Å²) in [6.45, 7) is 40.1. The molecular formula is C48H87N3O6. The van der Waals surface area contributed by atoms with E-state index >= 15 is 0 Å². The maximum Gasteiger partial charge on any atom is 0.116 e. The molecule has 4 fully saturated rings. The number of anilines is 1. The summed E-state index contributed by atoms with van der Waals surface area (Å²) in [6.07, 6.45) is 7.48. The van der Waals surface area contributed by atoms with Crippen LogP contribution >= 0.6 is 0 Å². The lowest BCUT2D eigenvalue weighted by Gasteiger charge is -2.54. The van der Waals surface area contributed by atoms with E-state index in [1.54, 1.807) is 6.07 Å². The second-order valence-electron chi connectivity index (χ2n) is 22.7. The molecule has 0 radical (unpaired) electrons. The normalized spacial score (nSPS) is 30.2. The minimum atomic E-state index is -0.0649. The van der Waals surface area contributed by atoms with Crippen molar-refractivity contribution in [3.63, 3.8) is 0 Å². The largest absolute Gasteiger partial charge is 0.508 e. The van der Waals surface area contributed by atoms with E-state index < -0.39 is 0 Å². The van der Waals surface area contributed by atoms with Gasteiger partial charge in [0.05, 0.1) is 43.7 Å². The van der Waals surface area contributed by atoms with Gasteiger partial charge in [-0.1, -0.05) is 0 Å². The Labute approximate surface area is 349 Å². The minimum Gasteiger partial charge on any atom is -0.508 e. The molecule has 2 bridgehead atoms. The van der Waals surface area contributed by atoms with Crippen LogP contribution in [0.15, 0.2) is 18.2 Å². The number of aromatic hydroxyl groups is 1. The van der Waals surface area contributed by atoms with Gasteiger partial charge in [0, 0.05) is 77.9 Å². The van der Waals surface area contributed by atoms with Crippen LogP contribution in [0.3, 0.4) is 0 Å². The number of phenols is 1. The summed E-state index contributed by atoms with van der Waals surface area (Å²) in [5.41, 5.74) is 3.22. The van der Waals surface area contributed by atoms with Crippen LogP contribution < -0.4 is 4.90 Å². The molecule has 3 saturated heterocycles. The van der Waals surface area contributed by atoms with Gasteiger partial charge in [-0.3, -0.25) is 9.80 Å². The van der Waals surface area contributed by atoms with Crippen molar-refractivity contribution in [3.8, 4) is 5.75 Å². The van der Waals surface area contributed by atoms with E-state index in [0.717, 1.165) is 45.8 Å². The predicted molar refractivity (Wildman–Crippen MR) is 235 cm³/mol. The Morgan fingerprint density at radius 1 is 0.737 bits per heavy atom. The maximum absolute atomic E-state index is 9.99. The Bertz CT molecular complexity index is 1420. The number of aliphatic hydroxyl groups excluding tert-OH is 2. The van der Waals surface area contributed by atoms with Gasteiger partial charge in [0.1, 0.15) is 5.75 Å². The van der Waals surface area contributed by atoms with E-state index in [9.17, 15) is 15.3 Å². The third-order valence-corrected chi connectivity index (χ3v) is 13.7. The van der Waals surface area contributed by atoms with Crippen LogP contribution in [0.1, 0.15) is 148 Å². The van der Waals surface area contributed by atoms with Crippen molar-refractivity contribution < 1.29 is 29.5 Å². The molecule has 1 aromatic carbocycles. The number of benzene rings is 1. The summed E-state index contributed by atoms with van der Waals surface area (Å²) in [6, 6.07) is 7.17. The smallest absolute Gasteiger partial charge is 0.116 e. The summed E-state index contributed by atoms with van der Waals surface area (Å²) in [5.74, 6) is 1.26. The van der Waals surface area contributed by atoms with Crippen LogP contribution in [0.25, 0.3) is 0 Å². The summed E-state index contributed by atoms with van der Waals surface area (Å²) in [4.78, 5) is 7.62. The lowest BCUT2D eigenvalue weighted by Crippen LogP contribution is -2.53. The molecule has 3 N–H and O–H groups in total. The van der Waals surface area contributed by atoms with Gasteiger partial charge in [-0.2, -0.15) is 0 Å². The Kier molecular flexibility index (Phi) is 15.4.